The molecule has 0 radical (unpaired) electrons. The van der Waals surface area contributed by atoms with Crippen molar-refractivity contribution in [2.24, 2.45) is 0 Å². The monoisotopic (exact) mass is 415 g/mol. The summed E-state index contributed by atoms with van der Waals surface area (Å²) >= 11 is 0. The Bertz CT molecular complexity index is 970. The summed E-state index contributed by atoms with van der Waals surface area (Å²) in [6.07, 6.45) is 1.28. The molecular formula is C20H25N5O5. The maximum Gasteiger partial charge on any atom is 0.407 e. The second kappa shape index (κ2) is 8.52. The lowest BCUT2D eigenvalue weighted by Gasteiger charge is -2.39. The van der Waals surface area contributed by atoms with Crippen LogP contribution in [0.5, 0.6) is 0 Å². The van der Waals surface area contributed by atoms with Crippen molar-refractivity contribution in [3.8, 4) is 11.3 Å². The number of carbonyl (C=O) groups is 3. The molecule has 0 bridgehead atoms. The maximum absolute atomic E-state index is 12.2. The standard InChI is InChI=1S/C20H25N5O5/c1-11(2)30-20(29)21-16-7-12(3)25(13(4)26)18-6-5-14(8-15(16)18)17-9-24(23-22-17)10-19(27)28/h5-6,8-9,11-12,16H,7,10H2,1-4H3,(H,21,29)(H,27,28)/t12-,16+/m0/s1. The van der Waals surface area contributed by atoms with Gasteiger partial charge in [-0.3, -0.25) is 9.59 Å². The number of alkyl carbamates (subject to hydrolysis) is 1. The van der Waals surface area contributed by atoms with Crippen LogP contribution in [0.15, 0.2) is 24.4 Å². The molecule has 160 valence electrons. The van der Waals surface area contributed by atoms with Crippen molar-refractivity contribution in [1.29, 1.82) is 0 Å². The van der Waals surface area contributed by atoms with Gasteiger partial charge in [-0.25, -0.2) is 9.48 Å². The number of rotatable bonds is 5. The first-order valence-electron chi connectivity index (χ1n) is 9.69. The minimum absolute atomic E-state index is 0.0906. The van der Waals surface area contributed by atoms with Gasteiger partial charge >= 0.3 is 12.1 Å². The molecule has 2 atom stereocenters. The van der Waals surface area contributed by atoms with Crippen LogP contribution in [0.25, 0.3) is 11.3 Å². The van der Waals surface area contributed by atoms with E-state index < -0.39 is 12.1 Å². The minimum atomic E-state index is -1.02. The highest BCUT2D eigenvalue weighted by molar-refractivity contribution is 5.94. The normalized spacial score (nSPS) is 18.1. The number of nitrogens with one attached hydrogen (secondary N) is 1. The lowest BCUT2D eigenvalue weighted by molar-refractivity contribution is -0.137. The fourth-order valence-corrected chi connectivity index (χ4v) is 3.68. The molecular weight excluding hydrogens is 390 g/mol. The third-order valence-corrected chi connectivity index (χ3v) is 4.79. The fraction of sp³-hybridized carbons (Fsp3) is 0.450. The maximum atomic E-state index is 12.2. The van der Waals surface area contributed by atoms with Gasteiger partial charge in [0.1, 0.15) is 12.2 Å². The Hall–Kier alpha value is -3.43. The Kier molecular flexibility index (Phi) is 6.04. The summed E-state index contributed by atoms with van der Waals surface area (Å²) in [6.45, 7) is 6.68. The summed E-state index contributed by atoms with van der Waals surface area (Å²) < 4.78 is 6.45. The molecule has 2 amide bonds. The first kappa shape index (κ1) is 21.3. The molecule has 2 heterocycles. The van der Waals surface area contributed by atoms with Gasteiger partial charge in [-0.15, -0.1) is 5.10 Å². The molecule has 1 aromatic carbocycles. The smallest absolute Gasteiger partial charge is 0.407 e. The minimum Gasteiger partial charge on any atom is -0.480 e. The van der Waals surface area contributed by atoms with Crippen LogP contribution in [-0.2, 0) is 20.9 Å². The van der Waals surface area contributed by atoms with Crippen LogP contribution in [0.2, 0.25) is 0 Å². The highest BCUT2D eigenvalue weighted by Crippen LogP contribution is 2.39. The SMILES string of the molecule is CC(=O)N1c2ccc(-c3cn(CC(=O)O)nn3)cc2[C@H](NC(=O)OC(C)C)C[C@@H]1C. The number of carboxylic acid groups (broad SMARTS) is 1. The zero-order valence-electron chi connectivity index (χ0n) is 17.3. The van der Waals surface area contributed by atoms with E-state index in [1.54, 1.807) is 37.1 Å². The second-order valence-electron chi connectivity index (χ2n) is 7.59. The number of fused-ring (bicyclic) bond motifs is 1. The lowest BCUT2D eigenvalue weighted by Crippen LogP contribution is -2.45. The van der Waals surface area contributed by atoms with Crippen LogP contribution in [0.3, 0.4) is 0 Å². The fourth-order valence-electron chi connectivity index (χ4n) is 3.68. The number of anilines is 1. The van der Waals surface area contributed by atoms with Crippen molar-refractivity contribution in [3.63, 3.8) is 0 Å². The number of carbonyl (C=O) groups excluding carboxylic acids is 2. The summed E-state index contributed by atoms with van der Waals surface area (Å²) in [5.74, 6) is -1.11. The molecule has 3 rings (SSSR count). The Morgan fingerprint density at radius 3 is 2.70 bits per heavy atom. The first-order chi connectivity index (χ1) is 14.2. The summed E-state index contributed by atoms with van der Waals surface area (Å²) in [6, 6.07) is 4.98. The summed E-state index contributed by atoms with van der Waals surface area (Å²) in [5, 5.41) is 19.7. The molecule has 0 spiro atoms. The number of amides is 2. The zero-order chi connectivity index (χ0) is 22.0. The number of hydrogen-bond donors (Lipinski definition) is 2. The number of aromatic nitrogens is 3. The van der Waals surface area contributed by atoms with Gasteiger partial charge in [0.25, 0.3) is 0 Å². The van der Waals surface area contributed by atoms with Crippen molar-refractivity contribution in [1.82, 2.24) is 20.3 Å². The number of nitrogens with zero attached hydrogens (tertiary/aromatic N) is 4. The van der Waals surface area contributed by atoms with Crippen LogP contribution in [-0.4, -0.2) is 50.2 Å². The van der Waals surface area contributed by atoms with Crippen molar-refractivity contribution in [2.45, 2.75) is 58.8 Å². The van der Waals surface area contributed by atoms with Gasteiger partial charge in [0, 0.05) is 24.2 Å². The highest BCUT2D eigenvalue weighted by atomic mass is 16.6. The average molecular weight is 415 g/mol. The zero-order valence-corrected chi connectivity index (χ0v) is 17.3. The molecule has 0 saturated carbocycles. The molecule has 1 aromatic heterocycles. The van der Waals surface area contributed by atoms with Crippen molar-refractivity contribution in [3.05, 3.63) is 30.0 Å². The molecule has 10 nitrogen and oxygen atoms in total. The van der Waals surface area contributed by atoms with Gasteiger partial charge in [-0.05, 0) is 44.9 Å². The molecule has 1 aliphatic rings. The lowest BCUT2D eigenvalue weighted by atomic mass is 9.90. The van der Waals surface area contributed by atoms with Crippen LogP contribution < -0.4 is 10.2 Å². The molecule has 0 aliphatic carbocycles. The van der Waals surface area contributed by atoms with E-state index in [4.69, 9.17) is 9.84 Å². The van der Waals surface area contributed by atoms with Gasteiger partial charge in [0.2, 0.25) is 5.91 Å². The average Bonchev–Trinajstić information content (AvgIpc) is 3.08. The summed E-state index contributed by atoms with van der Waals surface area (Å²) in [5.41, 5.74) is 2.66. The second-order valence-corrected chi connectivity index (χ2v) is 7.59. The van der Waals surface area contributed by atoms with E-state index in [-0.39, 0.29) is 30.6 Å². The van der Waals surface area contributed by atoms with Gasteiger partial charge in [-0.1, -0.05) is 11.3 Å². The van der Waals surface area contributed by atoms with E-state index in [9.17, 15) is 14.4 Å². The number of aliphatic carboxylic acids is 1. The number of ether oxygens (including phenoxy) is 1. The van der Waals surface area contributed by atoms with E-state index in [2.05, 4.69) is 15.6 Å². The van der Waals surface area contributed by atoms with Crippen molar-refractivity contribution < 1.29 is 24.2 Å². The molecule has 10 heteroatoms. The first-order valence-corrected chi connectivity index (χ1v) is 9.69. The molecule has 0 saturated heterocycles. The van der Waals surface area contributed by atoms with Crippen LogP contribution in [0, 0.1) is 0 Å². The third-order valence-electron chi connectivity index (χ3n) is 4.79. The molecule has 0 unspecified atom stereocenters. The molecule has 30 heavy (non-hydrogen) atoms. The third kappa shape index (κ3) is 4.58. The highest BCUT2D eigenvalue weighted by Gasteiger charge is 2.34. The van der Waals surface area contributed by atoms with Gasteiger partial charge < -0.3 is 20.1 Å². The van der Waals surface area contributed by atoms with E-state index in [0.717, 1.165) is 5.56 Å². The Balaban J connectivity index is 1.98. The summed E-state index contributed by atoms with van der Waals surface area (Å²) in [7, 11) is 0. The molecule has 1 aliphatic heterocycles. The topological polar surface area (TPSA) is 127 Å². The number of benzene rings is 1. The predicted octanol–water partition coefficient (Wildman–Crippen LogP) is 2.35. The van der Waals surface area contributed by atoms with E-state index in [1.165, 1.54) is 11.6 Å². The van der Waals surface area contributed by atoms with Crippen molar-refractivity contribution >= 4 is 23.7 Å². The number of carboxylic acids is 1. The Labute approximate surface area is 173 Å². The molecule has 0 fully saturated rings. The van der Waals surface area contributed by atoms with Crippen LogP contribution in [0.1, 0.15) is 45.7 Å². The van der Waals surface area contributed by atoms with Gasteiger partial charge in [0.05, 0.1) is 18.3 Å². The Morgan fingerprint density at radius 2 is 2.07 bits per heavy atom. The predicted molar refractivity (Wildman–Crippen MR) is 108 cm³/mol. The van der Waals surface area contributed by atoms with Crippen LogP contribution >= 0.6 is 0 Å². The summed E-state index contributed by atoms with van der Waals surface area (Å²) in [4.78, 5) is 37.0. The Morgan fingerprint density at radius 1 is 1.33 bits per heavy atom. The number of hydrogen-bond acceptors (Lipinski definition) is 6. The molecule has 2 aromatic rings. The van der Waals surface area contributed by atoms with Crippen molar-refractivity contribution in [2.75, 3.05) is 4.90 Å². The van der Waals surface area contributed by atoms with Crippen LogP contribution in [0.4, 0.5) is 10.5 Å². The van der Waals surface area contributed by atoms with E-state index in [1.807, 2.05) is 13.0 Å². The van der Waals surface area contributed by atoms with E-state index in [0.29, 0.717) is 23.4 Å². The van der Waals surface area contributed by atoms with E-state index >= 15 is 0 Å². The molecule has 2 N–H and O–H groups in total. The van der Waals surface area contributed by atoms with Gasteiger partial charge in [-0.2, -0.15) is 0 Å². The largest absolute Gasteiger partial charge is 0.480 e. The quantitative estimate of drug-likeness (QED) is 0.767. The van der Waals surface area contributed by atoms with Gasteiger partial charge in [0.15, 0.2) is 0 Å².